The molecule has 2 nitrogen and oxygen atoms in total. The zero-order valence-electron chi connectivity index (χ0n) is 10.0. The van der Waals surface area contributed by atoms with Crippen LogP contribution in [0.15, 0.2) is 22.7 Å². The summed E-state index contributed by atoms with van der Waals surface area (Å²) in [5, 5.41) is 0. The second-order valence-corrected chi connectivity index (χ2v) is 4.91. The van der Waals surface area contributed by atoms with Crippen LogP contribution >= 0.6 is 15.9 Å². The Labute approximate surface area is 119 Å². The largest absolute Gasteiger partial charge is 0.470 e. The Morgan fingerprint density at radius 2 is 1.60 bits per heavy atom. The lowest BCUT2D eigenvalue weighted by atomic mass is 10.1. The fraction of sp³-hybridized carbons (Fsp3) is 0.455. The monoisotopic (exact) mass is 365 g/mol. The van der Waals surface area contributed by atoms with Crippen LogP contribution in [0.2, 0.25) is 0 Å². The zero-order valence-corrected chi connectivity index (χ0v) is 11.6. The van der Waals surface area contributed by atoms with Gasteiger partial charge in [-0.1, -0.05) is 6.07 Å². The van der Waals surface area contributed by atoms with E-state index < -0.39 is 30.2 Å². The Kier molecular flexibility index (Phi) is 4.96. The van der Waals surface area contributed by atoms with E-state index in [2.05, 4.69) is 20.7 Å². The van der Waals surface area contributed by atoms with Crippen molar-refractivity contribution < 1.29 is 31.1 Å². The first kappa shape index (κ1) is 17.1. The quantitative estimate of drug-likeness (QED) is 0.808. The summed E-state index contributed by atoms with van der Waals surface area (Å²) in [6.07, 6.45) is -15.0. The maximum absolute atomic E-state index is 12.4. The maximum Gasteiger partial charge on any atom is 0.434 e. The number of rotatable bonds is 3. The van der Waals surface area contributed by atoms with Gasteiger partial charge in [-0.2, -0.15) is 26.3 Å². The molecule has 1 aromatic rings. The lowest BCUT2D eigenvalue weighted by molar-refractivity contribution is -0.300. The molecule has 0 radical (unpaired) electrons. The SMILES string of the molecule is CC(N)c1ccc(OC(C(F)(F)F)C(F)(F)F)c(Br)c1. The van der Waals surface area contributed by atoms with Crippen LogP contribution in [0.5, 0.6) is 5.75 Å². The van der Waals surface area contributed by atoms with E-state index in [9.17, 15) is 26.3 Å². The molecule has 2 N–H and O–H groups in total. The van der Waals surface area contributed by atoms with E-state index in [1.165, 1.54) is 12.1 Å². The smallest absolute Gasteiger partial charge is 0.434 e. The molecule has 1 rings (SSSR count). The van der Waals surface area contributed by atoms with Crippen molar-refractivity contribution in [3.63, 3.8) is 0 Å². The molecule has 0 heterocycles. The highest BCUT2D eigenvalue weighted by Crippen LogP contribution is 2.38. The fourth-order valence-electron chi connectivity index (χ4n) is 1.34. The van der Waals surface area contributed by atoms with Crippen molar-refractivity contribution in [2.45, 2.75) is 31.4 Å². The summed E-state index contributed by atoms with van der Waals surface area (Å²) >= 11 is 2.86. The molecule has 0 fully saturated rings. The first-order chi connectivity index (χ1) is 8.93. The van der Waals surface area contributed by atoms with E-state index in [0.717, 1.165) is 6.07 Å². The van der Waals surface area contributed by atoms with Crippen LogP contribution < -0.4 is 10.5 Å². The third kappa shape index (κ3) is 4.27. The lowest BCUT2D eigenvalue weighted by Gasteiger charge is -2.24. The van der Waals surface area contributed by atoms with E-state index in [1.54, 1.807) is 6.92 Å². The van der Waals surface area contributed by atoms with Crippen LogP contribution in [-0.2, 0) is 0 Å². The molecule has 114 valence electrons. The number of nitrogens with two attached hydrogens (primary N) is 1. The number of benzene rings is 1. The Morgan fingerprint density at radius 3 is 1.95 bits per heavy atom. The highest BCUT2D eigenvalue weighted by Gasteiger charge is 2.59. The zero-order chi connectivity index (χ0) is 15.7. The van der Waals surface area contributed by atoms with Gasteiger partial charge in [-0.3, -0.25) is 0 Å². The summed E-state index contributed by atoms with van der Waals surface area (Å²) < 4.78 is 78.2. The molecule has 1 unspecified atom stereocenters. The van der Waals surface area contributed by atoms with Gasteiger partial charge < -0.3 is 10.5 Å². The summed E-state index contributed by atoms with van der Waals surface area (Å²) in [6.45, 7) is 1.62. The van der Waals surface area contributed by atoms with E-state index in [-0.39, 0.29) is 4.47 Å². The van der Waals surface area contributed by atoms with E-state index in [1.807, 2.05) is 0 Å². The molecule has 9 heteroatoms. The molecule has 1 atom stereocenters. The average molecular weight is 366 g/mol. The van der Waals surface area contributed by atoms with Gasteiger partial charge in [0.05, 0.1) is 4.47 Å². The summed E-state index contributed by atoms with van der Waals surface area (Å²) in [5.41, 5.74) is 6.09. The van der Waals surface area contributed by atoms with Crippen LogP contribution in [0.3, 0.4) is 0 Å². The predicted molar refractivity (Wildman–Crippen MR) is 63.3 cm³/mol. The van der Waals surface area contributed by atoms with Gasteiger partial charge in [0, 0.05) is 6.04 Å². The number of hydrogen-bond acceptors (Lipinski definition) is 2. The van der Waals surface area contributed by atoms with E-state index in [0.29, 0.717) is 5.56 Å². The van der Waals surface area contributed by atoms with Gasteiger partial charge in [-0.15, -0.1) is 0 Å². The third-order valence-electron chi connectivity index (χ3n) is 2.32. The Balaban J connectivity index is 3.07. The van der Waals surface area contributed by atoms with Crippen molar-refractivity contribution in [1.29, 1.82) is 0 Å². The minimum atomic E-state index is -5.56. The maximum atomic E-state index is 12.4. The summed E-state index contributed by atoms with van der Waals surface area (Å²) in [5.74, 6) is -0.561. The van der Waals surface area contributed by atoms with Gasteiger partial charge in [-0.05, 0) is 40.5 Å². The Bertz CT molecular complexity index is 457. The Hall–Kier alpha value is -0.960. The van der Waals surface area contributed by atoms with Crippen molar-refractivity contribution >= 4 is 15.9 Å². The highest BCUT2D eigenvalue weighted by molar-refractivity contribution is 9.10. The molecule has 1 aromatic carbocycles. The van der Waals surface area contributed by atoms with Crippen LogP contribution in [-0.4, -0.2) is 18.5 Å². The number of halogens is 7. The highest BCUT2D eigenvalue weighted by atomic mass is 79.9. The lowest BCUT2D eigenvalue weighted by Crippen LogP contribution is -2.46. The molecule has 0 aliphatic heterocycles. The molecule has 20 heavy (non-hydrogen) atoms. The van der Waals surface area contributed by atoms with Gasteiger partial charge in [0.2, 0.25) is 0 Å². The minimum absolute atomic E-state index is 0.0363. The molecule has 0 saturated carbocycles. The van der Waals surface area contributed by atoms with Crippen LogP contribution in [0.4, 0.5) is 26.3 Å². The standard InChI is InChI=1S/C11H10BrF6NO/c1-5(19)6-2-3-8(7(12)4-6)20-9(10(13,14)15)11(16,17)18/h2-5,9H,19H2,1H3. The molecular weight excluding hydrogens is 356 g/mol. The predicted octanol–water partition coefficient (Wildman–Crippen LogP) is 4.34. The molecule has 0 amide bonds. The van der Waals surface area contributed by atoms with Gasteiger partial charge in [-0.25, -0.2) is 0 Å². The van der Waals surface area contributed by atoms with Crippen molar-refractivity contribution in [2.24, 2.45) is 5.73 Å². The normalized spacial score (nSPS) is 14.5. The number of hydrogen-bond donors (Lipinski definition) is 1. The third-order valence-corrected chi connectivity index (χ3v) is 2.94. The average Bonchev–Trinajstić information content (AvgIpc) is 2.23. The summed E-state index contributed by atoms with van der Waals surface area (Å²) in [6, 6.07) is 3.20. The van der Waals surface area contributed by atoms with Crippen molar-refractivity contribution in [3.8, 4) is 5.75 Å². The number of alkyl halides is 6. The van der Waals surface area contributed by atoms with Crippen LogP contribution in [0.25, 0.3) is 0 Å². The van der Waals surface area contributed by atoms with Gasteiger partial charge in [0.1, 0.15) is 5.75 Å². The van der Waals surface area contributed by atoms with Gasteiger partial charge in [0.25, 0.3) is 6.10 Å². The first-order valence-corrected chi connectivity index (χ1v) is 6.07. The molecule has 0 aromatic heterocycles. The van der Waals surface area contributed by atoms with Gasteiger partial charge in [0.15, 0.2) is 0 Å². The van der Waals surface area contributed by atoms with Crippen LogP contribution in [0, 0.1) is 0 Å². The molecule has 0 bridgehead atoms. The Morgan fingerprint density at radius 1 is 1.10 bits per heavy atom. The minimum Gasteiger partial charge on any atom is -0.470 e. The van der Waals surface area contributed by atoms with Crippen LogP contribution in [0.1, 0.15) is 18.5 Å². The number of ether oxygens (including phenoxy) is 1. The molecular formula is C11H10BrF6NO. The summed E-state index contributed by atoms with van der Waals surface area (Å²) in [4.78, 5) is 0. The molecule has 0 aliphatic carbocycles. The summed E-state index contributed by atoms with van der Waals surface area (Å²) in [7, 11) is 0. The van der Waals surface area contributed by atoms with Crippen molar-refractivity contribution in [3.05, 3.63) is 28.2 Å². The van der Waals surface area contributed by atoms with E-state index in [4.69, 9.17) is 5.73 Å². The fourth-order valence-corrected chi connectivity index (χ4v) is 1.83. The molecule has 0 saturated heterocycles. The first-order valence-electron chi connectivity index (χ1n) is 5.28. The van der Waals surface area contributed by atoms with Gasteiger partial charge >= 0.3 is 12.4 Å². The molecule has 0 spiro atoms. The van der Waals surface area contributed by atoms with Crippen molar-refractivity contribution in [1.82, 2.24) is 0 Å². The molecule has 0 aliphatic rings. The second kappa shape index (κ2) is 5.80. The van der Waals surface area contributed by atoms with Crippen molar-refractivity contribution in [2.75, 3.05) is 0 Å². The topological polar surface area (TPSA) is 35.2 Å². The van der Waals surface area contributed by atoms with E-state index >= 15 is 0 Å². The second-order valence-electron chi connectivity index (χ2n) is 4.06.